The number of hydrogen-bond acceptors (Lipinski definition) is 5. The van der Waals surface area contributed by atoms with Gasteiger partial charge in [-0.3, -0.25) is 0 Å². The van der Waals surface area contributed by atoms with Crippen LogP contribution in [-0.4, -0.2) is 19.0 Å². The van der Waals surface area contributed by atoms with E-state index in [4.69, 9.17) is 20.9 Å². The number of hydrogen-bond donors (Lipinski definition) is 2. The van der Waals surface area contributed by atoms with Crippen LogP contribution in [0.3, 0.4) is 0 Å². The Balaban J connectivity index is 2.12. The van der Waals surface area contributed by atoms with Crippen molar-refractivity contribution in [1.29, 1.82) is 0 Å². The zero-order valence-corrected chi connectivity index (χ0v) is 14.7. The summed E-state index contributed by atoms with van der Waals surface area (Å²) in [5.41, 5.74) is 14.1. The standard InChI is InChI=1S/C20H25N3O2/c1-23(2)19(21)13-18(24-14-16-9-5-3-6-10-16)20(22)25-15-17-11-7-4-8-12-17/h3-13H,14-15,21-22H2,1-2H3/b19-13+,20-18-. The highest BCUT2D eigenvalue weighted by molar-refractivity contribution is 5.21. The third-order valence-corrected chi connectivity index (χ3v) is 3.51. The molecule has 0 saturated carbocycles. The van der Waals surface area contributed by atoms with E-state index < -0.39 is 0 Å². The molecule has 5 nitrogen and oxygen atoms in total. The highest BCUT2D eigenvalue weighted by atomic mass is 16.5. The van der Waals surface area contributed by atoms with Gasteiger partial charge in [0.05, 0.1) is 0 Å². The lowest BCUT2D eigenvalue weighted by Crippen LogP contribution is -2.19. The molecule has 0 aromatic heterocycles. The number of benzene rings is 2. The first-order valence-corrected chi connectivity index (χ1v) is 8.04. The van der Waals surface area contributed by atoms with Crippen molar-refractivity contribution in [3.05, 3.63) is 95.3 Å². The summed E-state index contributed by atoms with van der Waals surface area (Å²) in [6.45, 7) is 0.739. The fourth-order valence-corrected chi connectivity index (χ4v) is 1.99. The van der Waals surface area contributed by atoms with E-state index >= 15 is 0 Å². The Morgan fingerprint density at radius 2 is 1.32 bits per heavy atom. The van der Waals surface area contributed by atoms with Gasteiger partial charge < -0.3 is 25.8 Å². The zero-order chi connectivity index (χ0) is 18.1. The summed E-state index contributed by atoms with van der Waals surface area (Å²) in [7, 11) is 3.70. The number of nitrogens with zero attached hydrogens (tertiary/aromatic N) is 1. The maximum Gasteiger partial charge on any atom is 0.228 e. The molecular formula is C20H25N3O2. The maximum atomic E-state index is 6.09. The van der Waals surface area contributed by atoms with Crippen molar-refractivity contribution in [2.45, 2.75) is 13.2 Å². The minimum Gasteiger partial charge on any atom is -0.483 e. The molecule has 0 unspecified atom stereocenters. The van der Waals surface area contributed by atoms with Crippen molar-refractivity contribution in [1.82, 2.24) is 4.90 Å². The molecule has 2 aromatic carbocycles. The topological polar surface area (TPSA) is 73.7 Å². The van der Waals surface area contributed by atoms with Gasteiger partial charge in [-0.1, -0.05) is 60.7 Å². The van der Waals surface area contributed by atoms with E-state index in [2.05, 4.69) is 0 Å². The van der Waals surface area contributed by atoms with Gasteiger partial charge in [0, 0.05) is 20.2 Å². The van der Waals surface area contributed by atoms with Crippen molar-refractivity contribution < 1.29 is 9.47 Å². The Kier molecular flexibility index (Phi) is 6.77. The highest BCUT2D eigenvalue weighted by Crippen LogP contribution is 2.13. The summed E-state index contributed by atoms with van der Waals surface area (Å²) >= 11 is 0. The van der Waals surface area contributed by atoms with Gasteiger partial charge in [-0.05, 0) is 11.1 Å². The first kappa shape index (κ1) is 18.3. The van der Waals surface area contributed by atoms with E-state index in [0.29, 0.717) is 24.8 Å². The largest absolute Gasteiger partial charge is 0.483 e. The van der Waals surface area contributed by atoms with Gasteiger partial charge in [-0.2, -0.15) is 0 Å². The number of nitrogens with two attached hydrogens (primary N) is 2. The Bertz CT molecular complexity index is 710. The molecule has 0 fully saturated rings. The van der Waals surface area contributed by atoms with Gasteiger partial charge in [0.15, 0.2) is 5.76 Å². The van der Waals surface area contributed by atoms with Gasteiger partial charge in [0.1, 0.15) is 19.0 Å². The van der Waals surface area contributed by atoms with Crippen molar-refractivity contribution in [3.63, 3.8) is 0 Å². The van der Waals surface area contributed by atoms with Crippen LogP contribution in [0.4, 0.5) is 0 Å². The molecule has 0 saturated heterocycles. The van der Waals surface area contributed by atoms with Gasteiger partial charge >= 0.3 is 0 Å². The van der Waals surface area contributed by atoms with E-state index in [9.17, 15) is 0 Å². The molecule has 2 aromatic rings. The fourth-order valence-electron chi connectivity index (χ4n) is 1.99. The van der Waals surface area contributed by atoms with Crippen LogP contribution in [0.2, 0.25) is 0 Å². The van der Waals surface area contributed by atoms with Crippen molar-refractivity contribution in [2.75, 3.05) is 14.1 Å². The molecule has 0 aliphatic carbocycles. The summed E-state index contributed by atoms with van der Waals surface area (Å²) in [5, 5.41) is 0. The SMILES string of the molecule is CN(C)/C(N)=C/C(OCc1ccccc1)=C(\N)OCc1ccccc1. The predicted molar refractivity (Wildman–Crippen MR) is 99.6 cm³/mol. The average Bonchev–Trinajstić information content (AvgIpc) is 2.64. The quantitative estimate of drug-likeness (QED) is 0.571. The van der Waals surface area contributed by atoms with Crippen LogP contribution in [0.1, 0.15) is 11.1 Å². The molecule has 0 atom stereocenters. The van der Waals surface area contributed by atoms with Crippen molar-refractivity contribution in [3.8, 4) is 0 Å². The lowest BCUT2D eigenvalue weighted by Gasteiger charge is -2.16. The smallest absolute Gasteiger partial charge is 0.228 e. The molecule has 0 aliphatic rings. The summed E-state index contributed by atoms with van der Waals surface area (Å²) in [6, 6.07) is 19.7. The molecule has 5 heteroatoms. The Hall–Kier alpha value is -3.08. The molecule has 4 N–H and O–H groups in total. The van der Waals surface area contributed by atoms with E-state index in [-0.39, 0.29) is 5.88 Å². The molecule has 0 aliphatic heterocycles. The number of allylic oxidation sites excluding steroid dienone is 1. The summed E-state index contributed by atoms with van der Waals surface area (Å²) in [4.78, 5) is 1.77. The van der Waals surface area contributed by atoms with Crippen molar-refractivity contribution >= 4 is 0 Å². The molecule has 132 valence electrons. The maximum absolute atomic E-state index is 6.09. The van der Waals surface area contributed by atoms with Crippen molar-refractivity contribution in [2.24, 2.45) is 11.5 Å². The van der Waals surface area contributed by atoms with Gasteiger partial charge in [0.2, 0.25) is 5.88 Å². The molecule has 0 radical (unpaired) electrons. The second-order valence-electron chi connectivity index (χ2n) is 5.74. The lowest BCUT2D eigenvalue weighted by molar-refractivity contribution is 0.144. The Morgan fingerprint density at radius 3 is 1.80 bits per heavy atom. The average molecular weight is 339 g/mol. The minimum absolute atomic E-state index is 0.199. The zero-order valence-electron chi connectivity index (χ0n) is 14.7. The van der Waals surface area contributed by atoms with Crippen LogP contribution >= 0.6 is 0 Å². The molecule has 0 spiro atoms. The van der Waals surface area contributed by atoms with Crippen LogP contribution in [0.15, 0.2) is 84.2 Å². The summed E-state index contributed by atoms with van der Waals surface area (Å²) in [6.07, 6.45) is 1.67. The highest BCUT2D eigenvalue weighted by Gasteiger charge is 2.08. The van der Waals surface area contributed by atoms with Crippen LogP contribution in [-0.2, 0) is 22.7 Å². The summed E-state index contributed by atoms with van der Waals surface area (Å²) < 4.78 is 11.5. The second-order valence-corrected chi connectivity index (χ2v) is 5.74. The predicted octanol–water partition coefficient (Wildman–Crippen LogP) is 2.91. The molecule has 0 bridgehead atoms. The van der Waals surface area contributed by atoms with E-state index in [1.165, 1.54) is 0 Å². The van der Waals surface area contributed by atoms with Crippen LogP contribution in [0.5, 0.6) is 0 Å². The van der Waals surface area contributed by atoms with Gasteiger partial charge in [-0.15, -0.1) is 0 Å². The lowest BCUT2D eigenvalue weighted by atomic mass is 10.2. The van der Waals surface area contributed by atoms with Gasteiger partial charge in [0.25, 0.3) is 0 Å². The third-order valence-electron chi connectivity index (χ3n) is 3.51. The third kappa shape index (κ3) is 6.14. The molecular weight excluding hydrogens is 314 g/mol. The van der Waals surface area contributed by atoms with E-state index in [0.717, 1.165) is 11.1 Å². The fraction of sp³-hybridized carbons (Fsp3) is 0.200. The molecule has 0 amide bonds. The normalized spacial score (nSPS) is 12.3. The first-order valence-electron chi connectivity index (χ1n) is 8.04. The first-order chi connectivity index (χ1) is 12.1. The van der Waals surface area contributed by atoms with Crippen LogP contribution < -0.4 is 11.5 Å². The second kappa shape index (κ2) is 9.27. The number of rotatable bonds is 8. The van der Waals surface area contributed by atoms with Gasteiger partial charge in [-0.25, -0.2) is 0 Å². The summed E-state index contributed by atoms with van der Waals surface area (Å²) in [5.74, 6) is 1.13. The van der Waals surface area contributed by atoms with E-state index in [1.807, 2.05) is 74.8 Å². The van der Waals surface area contributed by atoms with E-state index in [1.54, 1.807) is 11.0 Å². The minimum atomic E-state index is 0.199. The monoisotopic (exact) mass is 339 g/mol. The molecule has 2 rings (SSSR count). The van der Waals surface area contributed by atoms with Crippen LogP contribution in [0, 0.1) is 0 Å². The Labute approximate surface area is 149 Å². The molecule has 0 heterocycles. The van der Waals surface area contributed by atoms with Crippen LogP contribution in [0.25, 0.3) is 0 Å². The molecule has 25 heavy (non-hydrogen) atoms. The number of ether oxygens (including phenoxy) is 2. The Morgan fingerprint density at radius 1 is 0.840 bits per heavy atom.